The highest BCUT2D eigenvalue weighted by Crippen LogP contribution is 2.25. The number of amides is 1. The molecule has 1 unspecified atom stereocenters. The number of nitrogens with zero attached hydrogens (tertiary/aromatic N) is 2. The Hall–Kier alpha value is -2.51. The maximum Gasteiger partial charge on any atom is 0.326 e. The summed E-state index contributed by atoms with van der Waals surface area (Å²) in [4.78, 5) is 33.9. The minimum atomic E-state index is -1.24. The summed E-state index contributed by atoms with van der Waals surface area (Å²) in [7, 11) is 0. The van der Waals surface area contributed by atoms with Gasteiger partial charge in [-0.2, -0.15) is 4.39 Å². The van der Waals surface area contributed by atoms with E-state index in [2.05, 4.69) is 0 Å². The van der Waals surface area contributed by atoms with Crippen molar-refractivity contribution in [3.63, 3.8) is 0 Å². The van der Waals surface area contributed by atoms with Crippen LogP contribution in [0.1, 0.15) is 23.2 Å². The molecule has 1 atom stereocenters. The van der Waals surface area contributed by atoms with Gasteiger partial charge in [0.2, 0.25) is 5.82 Å². The van der Waals surface area contributed by atoms with Gasteiger partial charge in [0.15, 0.2) is 0 Å². The van der Waals surface area contributed by atoms with Crippen molar-refractivity contribution in [2.24, 2.45) is 0 Å². The number of likely N-dealkylation sites (tertiary alicyclic amines) is 1. The molecular formula is C12H11FN2O5. The highest BCUT2D eigenvalue weighted by atomic mass is 19.1. The fourth-order valence-electron chi connectivity index (χ4n) is 2.25. The van der Waals surface area contributed by atoms with Crippen LogP contribution >= 0.6 is 0 Å². The molecule has 2 rings (SSSR count). The van der Waals surface area contributed by atoms with Crippen LogP contribution < -0.4 is 0 Å². The van der Waals surface area contributed by atoms with Gasteiger partial charge in [0, 0.05) is 12.6 Å². The first-order chi connectivity index (χ1) is 9.43. The molecule has 1 aliphatic rings. The van der Waals surface area contributed by atoms with Crippen LogP contribution in [0, 0.1) is 15.9 Å². The van der Waals surface area contributed by atoms with Crippen LogP contribution in [0.3, 0.4) is 0 Å². The first kappa shape index (κ1) is 13.9. The predicted octanol–water partition coefficient (Wildman–Crippen LogP) is 1.42. The second kappa shape index (κ2) is 5.24. The van der Waals surface area contributed by atoms with E-state index in [4.69, 9.17) is 5.11 Å². The number of benzene rings is 1. The molecule has 0 aromatic heterocycles. The summed E-state index contributed by atoms with van der Waals surface area (Å²) >= 11 is 0. The standard InChI is InChI=1S/C12H11FN2O5/c13-10-7(3-1-4-8(10)15(19)20)11(16)14-6-2-5-9(14)12(17)18/h1,3-4,9H,2,5-6H2,(H,17,18). The van der Waals surface area contributed by atoms with Crippen molar-refractivity contribution >= 4 is 17.6 Å². The molecule has 20 heavy (non-hydrogen) atoms. The second-order valence-corrected chi connectivity index (χ2v) is 4.39. The Labute approximate surface area is 112 Å². The van der Waals surface area contributed by atoms with Crippen LogP contribution in [0.15, 0.2) is 18.2 Å². The van der Waals surface area contributed by atoms with E-state index in [0.29, 0.717) is 6.42 Å². The van der Waals surface area contributed by atoms with E-state index < -0.39 is 39.9 Å². The Kier molecular flexibility index (Phi) is 3.64. The third-order valence-corrected chi connectivity index (χ3v) is 3.20. The van der Waals surface area contributed by atoms with Gasteiger partial charge in [0.1, 0.15) is 6.04 Å². The molecule has 8 heteroatoms. The lowest BCUT2D eigenvalue weighted by Gasteiger charge is -2.21. The minimum absolute atomic E-state index is 0.192. The number of rotatable bonds is 3. The van der Waals surface area contributed by atoms with E-state index in [9.17, 15) is 24.1 Å². The average molecular weight is 282 g/mol. The SMILES string of the molecule is O=C(O)C1CCCN1C(=O)c1cccc([N+](=O)[O-])c1F. The summed E-state index contributed by atoms with van der Waals surface area (Å²) in [5, 5.41) is 19.6. The molecule has 1 fully saturated rings. The molecular weight excluding hydrogens is 271 g/mol. The normalized spacial score (nSPS) is 18.1. The molecule has 1 heterocycles. The first-order valence-corrected chi connectivity index (χ1v) is 5.90. The average Bonchev–Trinajstić information content (AvgIpc) is 2.87. The van der Waals surface area contributed by atoms with Crippen LogP contribution in [0.4, 0.5) is 10.1 Å². The van der Waals surface area contributed by atoms with E-state index in [0.717, 1.165) is 17.0 Å². The van der Waals surface area contributed by atoms with Crippen LogP contribution in [0.2, 0.25) is 0 Å². The van der Waals surface area contributed by atoms with Crippen molar-refractivity contribution in [3.8, 4) is 0 Å². The third-order valence-electron chi connectivity index (χ3n) is 3.20. The van der Waals surface area contributed by atoms with Gasteiger partial charge in [-0.3, -0.25) is 14.9 Å². The number of carbonyl (C=O) groups is 2. The maximum atomic E-state index is 13.9. The van der Waals surface area contributed by atoms with Gasteiger partial charge in [0.05, 0.1) is 10.5 Å². The monoisotopic (exact) mass is 282 g/mol. The highest BCUT2D eigenvalue weighted by molar-refractivity contribution is 5.97. The molecule has 1 amide bonds. The molecule has 0 bridgehead atoms. The lowest BCUT2D eigenvalue weighted by atomic mass is 10.1. The molecule has 7 nitrogen and oxygen atoms in total. The van der Waals surface area contributed by atoms with E-state index >= 15 is 0 Å². The first-order valence-electron chi connectivity index (χ1n) is 5.90. The summed E-state index contributed by atoms with van der Waals surface area (Å²) < 4.78 is 13.9. The summed E-state index contributed by atoms with van der Waals surface area (Å²) in [6, 6.07) is 2.24. The highest BCUT2D eigenvalue weighted by Gasteiger charge is 2.36. The van der Waals surface area contributed by atoms with E-state index in [-0.39, 0.29) is 13.0 Å². The predicted molar refractivity (Wildman–Crippen MR) is 64.7 cm³/mol. The topological polar surface area (TPSA) is 101 Å². The Balaban J connectivity index is 2.37. The molecule has 0 aliphatic carbocycles. The van der Waals surface area contributed by atoms with Gasteiger partial charge < -0.3 is 10.0 Å². The van der Waals surface area contributed by atoms with Crippen LogP contribution in [0.5, 0.6) is 0 Å². The molecule has 1 aliphatic heterocycles. The molecule has 1 aromatic carbocycles. The molecule has 0 radical (unpaired) electrons. The summed E-state index contributed by atoms with van der Waals surface area (Å²) in [5.41, 5.74) is -1.28. The molecule has 0 spiro atoms. The van der Waals surface area contributed by atoms with Gasteiger partial charge in [-0.1, -0.05) is 6.07 Å². The number of nitro benzene ring substituents is 1. The fourth-order valence-corrected chi connectivity index (χ4v) is 2.25. The zero-order valence-corrected chi connectivity index (χ0v) is 10.3. The lowest BCUT2D eigenvalue weighted by Crippen LogP contribution is -2.40. The van der Waals surface area contributed by atoms with Crippen molar-refractivity contribution in [2.45, 2.75) is 18.9 Å². The van der Waals surface area contributed by atoms with E-state index in [1.807, 2.05) is 0 Å². The van der Waals surface area contributed by atoms with Gasteiger partial charge >= 0.3 is 11.7 Å². The number of aliphatic carboxylic acids is 1. The van der Waals surface area contributed by atoms with E-state index in [1.54, 1.807) is 0 Å². The van der Waals surface area contributed by atoms with Crippen LogP contribution in [-0.4, -0.2) is 39.4 Å². The molecule has 1 saturated heterocycles. The third kappa shape index (κ3) is 2.31. The Morgan fingerprint density at radius 3 is 2.75 bits per heavy atom. The molecule has 1 aromatic rings. The quantitative estimate of drug-likeness (QED) is 0.667. The summed E-state index contributed by atoms with van der Waals surface area (Å²) in [6.07, 6.45) is 0.789. The number of hydrogen-bond donors (Lipinski definition) is 1. The Morgan fingerprint density at radius 1 is 1.45 bits per heavy atom. The zero-order valence-electron chi connectivity index (χ0n) is 10.3. The van der Waals surface area contributed by atoms with Crippen molar-refractivity contribution in [2.75, 3.05) is 6.54 Å². The number of nitro groups is 1. The number of halogens is 1. The fraction of sp³-hybridized carbons (Fsp3) is 0.333. The number of carboxylic acid groups (broad SMARTS) is 1. The van der Waals surface area contributed by atoms with Crippen molar-refractivity contribution in [1.29, 1.82) is 0 Å². The smallest absolute Gasteiger partial charge is 0.326 e. The number of hydrogen-bond acceptors (Lipinski definition) is 4. The van der Waals surface area contributed by atoms with Gasteiger partial charge in [0.25, 0.3) is 5.91 Å². The lowest BCUT2D eigenvalue weighted by molar-refractivity contribution is -0.387. The summed E-state index contributed by atoms with van der Waals surface area (Å²) in [6.45, 7) is 0.192. The zero-order chi connectivity index (χ0) is 14.9. The second-order valence-electron chi connectivity index (χ2n) is 4.39. The summed E-state index contributed by atoms with van der Waals surface area (Å²) in [5.74, 6) is -3.24. The molecule has 106 valence electrons. The van der Waals surface area contributed by atoms with Crippen molar-refractivity contribution in [3.05, 3.63) is 39.7 Å². The van der Waals surface area contributed by atoms with Gasteiger partial charge in [-0.05, 0) is 18.9 Å². The largest absolute Gasteiger partial charge is 0.480 e. The van der Waals surface area contributed by atoms with Gasteiger partial charge in [-0.25, -0.2) is 4.79 Å². The van der Waals surface area contributed by atoms with Crippen LogP contribution in [0.25, 0.3) is 0 Å². The number of carbonyl (C=O) groups excluding carboxylic acids is 1. The van der Waals surface area contributed by atoms with E-state index in [1.165, 1.54) is 6.07 Å². The van der Waals surface area contributed by atoms with Crippen molar-refractivity contribution in [1.82, 2.24) is 4.90 Å². The van der Waals surface area contributed by atoms with Crippen molar-refractivity contribution < 1.29 is 24.0 Å². The van der Waals surface area contributed by atoms with Gasteiger partial charge in [-0.15, -0.1) is 0 Å². The maximum absolute atomic E-state index is 13.9. The van der Waals surface area contributed by atoms with Crippen LogP contribution in [-0.2, 0) is 4.79 Å². The minimum Gasteiger partial charge on any atom is -0.480 e. The molecule has 0 saturated carbocycles. The number of carboxylic acids is 1. The Morgan fingerprint density at radius 2 is 2.15 bits per heavy atom. The molecule has 1 N–H and O–H groups in total. The Bertz CT molecular complexity index is 589.